The number of nitrogens with zero attached hydrogens (tertiary/aromatic N) is 3. The van der Waals surface area contributed by atoms with Gasteiger partial charge in [0.1, 0.15) is 0 Å². The predicted octanol–water partition coefficient (Wildman–Crippen LogP) is 5.18. The molecule has 0 aliphatic carbocycles. The number of halogens is 3. The fourth-order valence-corrected chi connectivity index (χ4v) is 4.65. The van der Waals surface area contributed by atoms with E-state index in [0.29, 0.717) is 38.2 Å². The van der Waals surface area contributed by atoms with Crippen LogP contribution in [0.5, 0.6) is 17.2 Å². The van der Waals surface area contributed by atoms with Gasteiger partial charge in [-0.2, -0.15) is 13.2 Å². The summed E-state index contributed by atoms with van der Waals surface area (Å²) >= 11 is 1.22. The summed E-state index contributed by atoms with van der Waals surface area (Å²) in [6.07, 6.45) is -3.10. The van der Waals surface area contributed by atoms with E-state index < -0.39 is 22.4 Å². The van der Waals surface area contributed by atoms with Gasteiger partial charge in [-0.25, -0.2) is 9.38 Å². The highest BCUT2D eigenvalue weighted by atomic mass is 32.1. The highest BCUT2D eigenvalue weighted by Gasteiger charge is 2.33. The normalized spacial score (nSPS) is 12.4. The van der Waals surface area contributed by atoms with E-state index in [1.54, 1.807) is 18.2 Å². The largest absolute Gasteiger partial charge is 0.493 e. The Balaban J connectivity index is 1.52. The second-order valence-electron chi connectivity index (χ2n) is 7.58. The Kier molecular flexibility index (Phi) is 5.59. The Morgan fingerprint density at radius 1 is 1.06 bits per heavy atom. The first-order valence-electron chi connectivity index (χ1n) is 10.3. The van der Waals surface area contributed by atoms with Crippen LogP contribution < -0.4 is 19.6 Å². The topological polar surface area (TPSA) is 96.0 Å². The highest BCUT2D eigenvalue weighted by molar-refractivity contribution is 7.15. The van der Waals surface area contributed by atoms with Crippen LogP contribution in [0.25, 0.3) is 22.1 Å². The average molecular weight is 513 g/mol. The van der Waals surface area contributed by atoms with E-state index in [1.165, 1.54) is 28.9 Å². The lowest BCUT2D eigenvalue weighted by molar-refractivity contribution is -0.385. The summed E-state index contributed by atoms with van der Waals surface area (Å²) in [5, 5.41) is 11.4. The van der Waals surface area contributed by atoms with Crippen LogP contribution in [0.1, 0.15) is 11.1 Å². The van der Waals surface area contributed by atoms with E-state index >= 15 is 0 Å². The second kappa shape index (κ2) is 8.64. The first kappa shape index (κ1) is 23.3. The van der Waals surface area contributed by atoms with Gasteiger partial charge in [0.2, 0.25) is 5.75 Å². The molecular formula is C24H14F3N3O5S. The standard InChI is InChI=1S/C24H14F3N3O5S/c1-34-20-10-13(11-21-22(31)29-16-5-3-2-4-15(16)28-23(29)36-21)6-8-19(20)35-18-9-7-14(24(25,26)27)12-17(18)30(32)33/h2-12H,1H3. The number of aromatic nitrogens is 2. The molecule has 0 N–H and O–H groups in total. The van der Waals surface area contributed by atoms with E-state index in [-0.39, 0.29) is 22.8 Å². The minimum atomic E-state index is -4.74. The Morgan fingerprint density at radius 2 is 1.81 bits per heavy atom. The number of para-hydroxylation sites is 2. The lowest BCUT2D eigenvalue weighted by Gasteiger charge is -2.12. The minimum absolute atomic E-state index is 0.0480. The van der Waals surface area contributed by atoms with Crippen molar-refractivity contribution in [3.8, 4) is 17.2 Å². The average Bonchev–Trinajstić information content (AvgIpc) is 3.35. The molecule has 2 aromatic heterocycles. The van der Waals surface area contributed by atoms with Gasteiger partial charge in [0.05, 0.1) is 33.2 Å². The molecule has 182 valence electrons. The van der Waals surface area contributed by atoms with Crippen LogP contribution in [-0.2, 0) is 6.18 Å². The SMILES string of the molecule is COc1cc(C=c2sc3nc4ccccc4n3c2=O)ccc1Oc1ccc(C(F)(F)F)cc1[N+](=O)[O-]. The van der Waals surface area contributed by atoms with Crippen LogP contribution in [-0.4, -0.2) is 21.4 Å². The number of ether oxygens (including phenoxy) is 2. The number of hydrogen-bond acceptors (Lipinski definition) is 7. The third-order valence-electron chi connectivity index (χ3n) is 5.33. The lowest BCUT2D eigenvalue weighted by atomic mass is 10.1. The maximum Gasteiger partial charge on any atom is 0.416 e. The molecule has 0 radical (unpaired) electrons. The Morgan fingerprint density at radius 3 is 2.53 bits per heavy atom. The summed E-state index contributed by atoms with van der Waals surface area (Å²) in [6.45, 7) is 0. The molecule has 0 amide bonds. The molecule has 5 rings (SSSR count). The van der Waals surface area contributed by atoms with Crippen molar-refractivity contribution in [3.63, 3.8) is 0 Å². The number of benzene rings is 3. The molecule has 5 aromatic rings. The van der Waals surface area contributed by atoms with E-state index in [9.17, 15) is 28.1 Å². The van der Waals surface area contributed by atoms with Crippen molar-refractivity contribution in [1.29, 1.82) is 0 Å². The van der Waals surface area contributed by atoms with Crippen molar-refractivity contribution in [2.24, 2.45) is 0 Å². The molecule has 0 bridgehead atoms. The van der Waals surface area contributed by atoms with Gasteiger partial charge in [0.15, 0.2) is 16.5 Å². The van der Waals surface area contributed by atoms with Gasteiger partial charge < -0.3 is 9.47 Å². The number of hydrogen-bond donors (Lipinski definition) is 0. The molecule has 3 aromatic carbocycles. The van der Waals surface area contributed by atoms with Crippen molar-refractivity contribution in [2.45, 2.75) is 6.18 Å². The number of fused-ring (bicyclic) bond motifs is 3. The summed E-state index contributed by atoms with van der Waals surface area (Å²) in [7, 11) is 1.34. The van der Waals surface area contributed by atoms with Gasteiger partial charge in [-0.05, 0) is 48.0 Å². The van der Waals surface area contributed by atoms with E-state index in [1.807, 2.05) is 24.3 Å². The summed E-state index contributed by atoms with van der Waals surface area (Å²) in [5.74, 6) is -0.166. The molecular weight excluding hydrogens is 499 g/mol. The van der Waals surface area contributed by atoms with Crippen LogP contribution in [0.3, 0.4) is 0 Å². The van der Waals surface area contributed by atoms with Crippen LogP contribution in [0.4, 0.5) is 18.9 Å². The van der Waals surface area contributed by atoms with Crippen LogP contribution in [0.15, 0.2) is 65.5 Å². The third-order valence-corrected chi connectivity index (χ3v) is 6.30. The summed E-state index contributed by atoms with van der Waals surface area (Å²) in [4.78, 5) is 28.4. The zero-order valence-electron chi connectivity index (χ0n) is 18.3. The molecule has 0 saturated carbocycles. The molecule has 0 aliphatic heterocycles. The first-order chi connectivity index (χ1) is 17.2. The number of nitro benzene ring substituents is 1. The maximum absolute atomic E-state index is 13.0. The summed E-state index contributed by atoms with van der Waals surface area (Å²) in [5.41, 5.74) is -0.245. The second-order valence-corrected chi connectivity index (χ2v) is 8.59. The van der Waals surface area contributed by atoms with Gasteiger partial charge in [0.25, 0.3) is 5.56 Å². The first-order valence-corrected chi connectivity index (χ1v) is 11.1. The van der Waals surface area contributed by atoms with E-state index in [0.717, 1.165) is 6.07 Å². The highest BCUT2D eigenvalue weighted by Crippen LogP contribution is 2.40. The van der Waals surface area contributed by atoms with Gasteiger partial charge in [-0.15, -0.1) is 0 Å². The van der Waals surface area contributed by atoms with Crippen molar-refractivity contribution < 1.29 is 27.6 Å². The number of alkyl halides is 3. The molecule has 2 heterocycles. The zero-order valence-corrected chi connectivity index (χ0v) is 19.1. The molecule has 12 heteroatoms. The molecule has 0 saturated heterocycles. The number of methoxy groups -OCH3 is 1. The maximum atomic E-state index is 13.0. The molecule has 0 spiro atoms. The van der Waals surface area contributed by atoms with Crippen molar-refractivity contribution >= 4 is 39.1 Å². The number of nitro groups is 1. The van der Waals surface area contributed by atoms with Gasteiger partial charge in [-0.3, -0.25) is 14.9 Å². The fourth-order valence-electron chi connectivity index (χ4n) is 3.66. The van der Waals surface area contributed by atoms with Crippen molar-refractivity contribution in [1.82, 2.24) is 9.38 Å². The molecule has 36 heavy (non-hydrogen) atoms. The number of rotatable bonds is 5. The van der Waals surface area contributed by atoms with Crippen LogP contribution >= 0.6 is 11.3 Å². The lowest BCUT2D eigenvalue weighted by Crippen LogP contribution is -2.22. The molecule has 0 unspecified atom stereocenters. The van der Waals surface area contributed by atoms with E-state index in [4.69, 9.17) is 9.47 Å². The van der Waals surface area contributed by atoms with Gasteiger partial charge >= 0.3 is 11.9 Å². The number of thiazole rings is 1. The molecule has 8 nitrogen and oxygen atoms in total. The van der Waals surface area contributed by atoms with Gasteiger partial charge in [0, 0.05) is 6.07 Å². The molecule has 0 fully saturated rings. The monoisotopic (exact) mass is 513 g/mol. The Bertz CT molecular complexity index is 1760. The van der Waals surface area contributed by atoms with Gasteiger partial charge in [-0.1, -0.05) is 29.5 Å². The summed E-state index contributed by atoms with van der Waals surface area (Å²) in [6, 6.07) is 13.9. The third kappa shape index (κ3) is 4.11. The number of imidazole rings is 1. The molecule has 0 atom stereocenters. The van der Waals surface area contributed by atoms with E-state index in [2.05, 4.69) is 4.98 Å². The predicted molar refractivity (Wildman–Crippen MR) is 127 cm³/mol. The molecule has 0 aliphatic rings. The summed E-state index contributed by atoms with van der Waals surface area (Å²) < 4.78 is 51.7. The van der Waals surface area contributed by atoms with Crippen LogP contribution in [0, 0.1) is 10.1 Å². The fraction of sp³-hybridized carbons (Fsp3) is 0.0833. The zero-order chi connectivity index (χ0) is 25.6. The Labute approximate surface area is 203 Å². The quantitative estimate of drug-likeness (QED) is 0.237. The smallest absolute Gasteiger partial charge is 0.416 e. The van der Waals surface area contributed by atoms with Crippen molar-refractivity contribution in [3.05, 3.63) is 96.8 Å². The minimum Gasteiger partial charge on any atom is -0.493 e. The van der Waals surface area contributed by atoms with Crippen molar-refractivity contribution in [2.75, 3.05) is 7.11 Å². The van der Waals surface area contributed by atoms with Crippen LogP contribution in [0.2, 0.25) is 0 Å². The Hall–Kier alpha value is -4.45.